The van der Waals surface area contributed by atoms with E-state index in [9.17, 15) is 19.1 Å². The van der Waals surface area contributed by atoms with E-state index in [0.717, 1.165) is 17.7 Å². The van der Waals surface area contributed by atoms with Gasteiger partial charge in [-0.05, 0) is 66.6 Å². The number of fused-ring (bicyclic) bond motifs is 1. The van der Waals surface area contributed by atoms with Crippen molar-refractivity contribution in [3.8, 4) is 22.6 Å². The summed E-state index contributed by atoms with van der Waals surface area (Å²) in [5, 5.41) is 9.65. The zero-order valence-electron chi connectivity index (χ0n) is 23.8. The number of carbonyl (C=O) groups excluding carboxylic acids is 1. The molecule has 9 heteroatoms. The molecule has 0 saturated carbocycles. The highest BCUT2D eigenvalue weighted by Gasteiger charge is 2.49. The molecule has 5 rings (SSSR count). The second kappa shape index (κ2) is 13.3. The SMILES string of the molecule is CC.CCOC(=O)C(F)(F)c1c(-c2ccc(C(=O)O)cc2)c2c(OCc3ccccc3)cccc2n1-c1ccc(F)cc1. The molecule has 1 aromatic heterocycles. The van der Waals surface area contributed by atoms with E-state index < -0.39 is 29.4 Å². The molecule has 43 heavy (non-hydrogen) atoms. The summed E-state index contributed by atoms with van der Waals surface area (Å²) in [6, 6.07) is 24.4. The molecule has 0 unspecified atom stereocenters. The average molecular weight is 590 g/mol. The van der Waals surface area contributed by atoms with Crippen LogP contribution in [0.5, 0.6) is 5.75 Å². The molecule has 1 N–H and O–H groups in total. The number of esters is 1. The van der Waals surface area contributed by atoms with Gasteiger partial charge in [0.05, 0.1) is 23.1 Å². The van der Waals surface area contributed by atoms with Gasteiger partial charge in [-0.25, -0.2) is 14.0 Å². The minimum absolute atomic E-state index is 0.0460. The minimum Gasteiger partial charge on any atom is -0.488 e. The molecule has 0 atom stereocenters. The van der Waals surface area contributed by atoms with Crippen molar-refractivity contribution in [1.82, 2.24) is 4.57 Å². The first-order valence-electron chi connectivity index (χ1n) is 13.7. The Bertz CT molecular complexity index is 1710. The van der Waals surface area contributed by atoms with E-state index in [1.807, 2.05) is 44.2 Å². The highest BCUT2D eigenvalue weighted by Crippen LogP contribution is 2.48. The number of hydrogen-bond donors (Lipinski definition) is 1. The van der Waals surface area contributed by atoms with Gasteiger partial charge in [0.25, 0.3) is 0 Å². The number of carbonyl (C=O) groups is 2. The quantitative estimate of drug-likeness (QED) is 0.175. The van der Waals surface area contributed by atoms with Gasteiger partial charge in [0.2, 0.25) is 0 Å². The smallest absolute Gasteiger partial charge is 0.383 e. The average Bonchev–Trinajstić information content (AvgIpc) is 3.39. The summed E-state index contributed by atoms with van der Waals surface area (Å²) < 4.78 is 58.4. The second-order valence-electron chi connectivity index (χ2n) is 9.14. The molecule has 0 saturated heterocycles. The third-order valence-electron chi connectivity index (χ3n) is 6.53. The van der Waals surface area contributed by atoms with Crippen molar-refractivity contribution in [1.29, 1.82) is 0 Å². The van der Waals surface area contributed by atoms with Crippen LogP contribution in [0.25, 0.3) is 27.7 Å². The fourth-order valence-electron chi connectivity index (χ4n) is 4.70. The zero-order chi connectivity index (χ0) is 31.1. The monoisotopic (exact) mass is 589 g/mol. The summed E-state index contributed by atoms with van der Waals surface area (Å²) in [4.78, 5) is 24.3. The summed E-state index contributed by atoms with van der Waals surface area (Å²) in [6.45, 7) is 5.27. The second-order valence-corrected chi connectivity index (χ2v) is 9.14. The zero-order valence-corrected chi connectivity index (χ0v) is 23.8. The predicted octanol–water partition coefficient (Wildman–Crippen LogP) is 8.39. The number of halogens is 3. The molecule has 0 radical (unpaired) electrons. The fourth-order valence-corrected chi connectivity index (χ4v) is 4.70. The summed E-state index contributed by atoms with van der Waals surface area (Å²) in [7, 11) is 0. The maximum Gasteiger partial charge on any atom is 0.383 e. The molecule has 5 aromatic rings. The van der Waals surface area contributed by atoms with Crippen molar-refractivity contribution >= 4 is 22.8 Å². The van der Waals surface area contributed by atoms with Crippen molar-refractivity contribution in [2.75, 3.05) is 6.61 Å². The molecule has 0 fully saturated rings. The van der Waals surface area contributed by atoms with Crippen molar-refractivity contribution in [2.24, 2.45) is 0 Å². The standard InChI is InChI=1S/C32H24F3NO5.C2H6/c1-2-40-31(39)32(34,35)29-27(21-11-13-22(14-12-21)30(37)38)28-25(36(29)24-17-15-23(33)16-18-24)9-6-10-26(28)41-19-20-7-4-3-5-8-20;1-2/h3-18H,2,19H2,1H3,(H,37,38);1-2H3. The Morgan fingerprint density at radius 1 is 0.860 bits per heavy atom. The third-order valence-corrected chi connectivity index (χ3v) is 6.53. The van der Waals surface area contributed by atoms with E-state index in [0.29, 0.717) is 0 Å². The fraction of sp³-hybridized carbons (Fsp3) is 0.176. The molecule has 4 aromatic carbocycles. The van der Waals surface area contributed by atoms with E-state index in [-0.39, 0.29) is 52.2 Å². The Labute approximate surface area is 246 Å². The molecular formula is C34H30F3NO5. The van der Waals surface area contributed by atoms with Crippen molar-refractivity contribution in [2.45, 2.75) is 33.3 Å². The Balaban J connectivity index is 0.00000207. The van der Waals surface area contributed by atoms with E-state index in [2.05, 4.69) is 0 Å². The van der Waals surface area contributed by atoms with Gasteiger partial charge in [0, 0.05) is 11.3 Å². The Kier molecular flexibility index (Phi) is 9.55. The molecule has 0 amide bonds. The summed E-state index contributed by atoms with van der Waals surface area (Å²) in [6.07, 6.45) is 0. The number of aromatic carboxylic acids is 1. The number of nitrogens with zero attached hydrogens (tertiary/aromatic N) is 1. The first-order valence-corrected chi connectivity index (χ1v) is 13.7. The van der Waals surface area contributed by atoms with Crippen LogP contribution in [0.3, 0.4) is 0 Å². The Morgan fingerprint density at radius 2 is 1.51 bits per heavy atom. The van der Waals surface area contributed by atoms with Crippen LogP contribution in [0.2, 0.25) is 0 Å². The number of aromatic nitrogens is 1. The van der Waals surface area contributed by atoms with Crippen LogP contribution in [-0.2, 0) is 22.1 Å². The van der Waals surface area contributed by atoms with Gasteiger partial charge >= 0.3 is 17.9 Å². The number of benzene rings is 4. The first kappa shape index (κ1) is 30.9. The lowest BCUT2D eigenvalue weighted by atomic mass is 9.97. The molecule has 0 aliphatic carbocycles. The first-order chi connectivity index (χ1) is 20.7. The molecule has 222 valence electrons. The van der Waals surface area contributed by atoms with Gasteiger partial charge in [0.15, 0.2) is 0 Å². The maximum absolute atomic E-state index is 16.2. The number of carboxylic acids is 1. The van der Waals surface area contributed by atoms with E-state index in [1.165, 1.54) is 47.9 Å². The van der Waals surface area contributed by atoms with Crippen LogP contribution in [0.1, 0.15) is 42.4 Å². The van der Waals surface area contributed by atoms with Crippen LogP contribution in [0, 0.1) is 5.82 Å². The van der Waals surface area contributed by atoms with Crippen molar-refractivity contribution in [3.63, 3.8) is 0 Å². The lowest BCUT2D eigenvalue weighted by Crippen LogP contribution is -2.31. The molecule has 0 aliphatic heterocycles. The molecular weight excluding hydrogens is 559 g/mol. The van der Waals surface area contributed by atoms with Gasteiger partial charge in [-0.2, -0.15) is 8.78 Å². The minimum atomic E-state index is -4.17. The van der Waals surface area contributed by atoms with Crippen LogP contribution in [0.4, 0.5) is 13.2 Å². The Hall–Kier alpha value is -5.05. The number of ether oxygens (including phenoxy) is 2. The molecule has 6 nitrogen and oxygen atoms in total. The topological polar surface area (TPSA) is 77.8 Å². The third kappa shape index (κ3) is 6.25. The highest BCUT2D eigenvalue weighted by atomic mass is 19.3. The molecule has 0 spiro atoms. The lowest BCUT2D eigenvalue weighted by Gasteiger charge is -2.20. The van der Waals surface area contributed by atoms with Crippen LogP contribution < -0.4 is 4.74 Å². The van der Waals surface area contributed by atoms with E-state index in [4.69, 9.17) is 9.47 Å². The Morgan fingerprint density at radius 3 is 2.12 bits per heavy atom. The summed E-state index contributed by atoms with van der Waals surface area (Å²) >= 11 is 0. The van der Waals surface area contributed by atoms with Gasteiger partial charge in [0.1, 0.15) is 23.9 Å². The number of carboxylic acid groups (broad SMARTS) is 1. The number of hydrogen-bond acceptors (Lipinski definition) is 4. The molecule has 0 bridgehead atoms. The van der Waals surface area contributed by atoms with Gasteiger partial charge in [-0.15, -0.1) is 0 Å². The number of rotatable bonds is 9. The van der Waals surface area contributed by atoms with Gasteiger partial charge in [-0.1, -0.05) is 62.4 Å². The van der Waals surface area contributed by atoms with E-state index in [1.54, 1.807) is 18.2 Å². The van der Waals surface area contributed by atoms with Crippen LogP contribution in [-0.4, -0.2) is 28.2 Å². The van der Waals surface area contributed by atoms with Crippen molar-refractivity contribution in [3.05, 3.63) is 120 Å². The predicted molar refractivity (Wildman–Crippen MR) is 158 cm³/mol. The largest absolute Gasteiger partial charge is 0.488 e. The lowest BCUT2D eigenvalue weighted by molar-refractivity contribution is -0.173. The van der Waals surface area contributed by atoms with Gasteiger partial charge in [-0.3, -0.25) is 0 Å². The number of alkyl halides is 2. The van der Waals surface area contributed by atoms with E-state index >= 15 is 8.78 Å². The van der Waals surface area contributed by atoms with Gasteiger partial charge < -0.3 is 19.1 Å². The normalized spacial score (nSPS) is 11.0. The molecule has 0 aliphatic rings. The highest BCUT2D eigenvalue weighted by molar-refractivity contribution is 6.05. The summed E-state index contributed by atoms with van der Waals surface area (Å²) in [5.74, 6) is -7.43. The van der Waals surface area contributed by atoms with Crippen molar-refractivity contribution < 1.29 is 37.3 Å². The maximum atomic E-state index is 16.2. The summed E-state index contributed by atoms with van der Waals surface area (Å²) in [5.41, 5.74) is 0.666. The molecule has 1 heterocycles. The van der Waals surface area contributed by atoms with Crippen LogP contribution >= 0.6 is 0 Å². The van der Waals surface area contributed by atoms with Crippen LogP contribution in [0.15, 0.2) is 97.1 Å².